The molecule has 0 saturated heterocycles. The van der Waals surface area contributed by atoms with Gasteiger partial charge in [0.2, 0.25) is 0 Å². The lowest BCUT2D eigenvalue weighted by molar-refractivity contribution is 0.314. The molecule has 0 radical (unpaired) electrons. The molecule has 0 aliphatic carbocycles. The predicted octanol–water partition coefficient (Wildman–Crippen LogP) is 4.72. The second kappa shape index (κ2) is 7.87. The third kappa shape index (κ3) is 6.54. The van der Waals surface area contributed by atoms with Crippen LogP contribution in [-0.2, 0) is 4.43 Å². The topological polar surface area (TPSA) is 18.5 Å². The Morgan fingerprint density at radius 3 is 1.65 bits per heavy atom. The highest BCUT2D eigenvalue weighted by molar-refractivity contribution is 6.65. The standard InChI is InChI=1S/C10H16O2Si.C7H8/c1-9-5-7-10(8-6-9)12-13(3,4)11-2;1-7-5-3-2-4-6-7/h5-8H,1-4H3;2-6H,1H3. The lowest BCUT2D eigenvalue weighted by Gasteiger charge is -2.21. The molecule has 0 heterocycles. The Hall–Kier alpha value is -1.58. The highest BCUT2D eigenvalue weighted by Crippen LogP contribution is 2.16. The van der Waals surface area contributed by atoms with Gasteiger partial charge in [0.15, 0.2) is 0 Å². The van der Waals surface area contributed by atoms with Crippen molar-refractivity contribution in [3.8, 4) is 5.75 Å². The van der Waals surface area contributed by atoms with Gasteiger partial charge in [0.25, 0.3) is 0 Å². The van der Waals surface area contributed by atoms with Gasteiger partial charge in [-0.15, -0.1) is 0 Å². The van der Waals surface area contributed by atoms with Crippen LogP contribution in [0.15, 0.2) is 54.6 Å². The molecule has 0 unspecified atom stereocenters. The second-order valence-corrected chi connectivity index (χ2v) is 8.59. The fraction of sp³-hybridized carbons (Fsp3) is 0.294. The maximum Gasteiger partial charge on any atom is 0.392 e. The van der Waals surface area contributed by atoms with Gasteiger partial charge in [-0.05, 0) is 39.1 Å². The molecule has 0 aliphatic heterocycles. The van der Waals surface area contributed by atoms with Gasteiger partial charge in [-0.1, -0.05) is 53.6 Å². The van der Waals surface area contributed by atoms with Gasteiger partial charge in [0, 0.05) is 7.11 Å². The van der Waals surface area contributed by atoms with Crippen LogP contribution in [0.25, 0.3) is 0 Å². The molecule has 20 heavy (non-hydrogen) atoms. The fourth-order valence-corrected chi connectivity index (χ4v) is 2.25. The van der Waals surface area contributed by atoms with Gasteiger partial charge in [-0.25, -0.2) is 0 Å². The molecule has 0 aromatic heterocycles. The van der Waals surface area contributed by atoms with Gasteiger partial charge in [-0.2, -0.15) is 0 Å². The monoisotopic (exact) mass is 288 g/mol. The Kier molecular flexibility index (Phi) is 6.48. The highest BCUT2D eigenvalue weighted by atomic mass is 28.4. The number of hydrogen-bond donors (Lipinski definition) is 0. The van der Waals surface area contributed by atoms with E-state index in [-0.39, 0.29) is 0 Å². The van der Waals surface area contributed by atoms with Crippen molar-refractivity contribution in [2.75, 3.05) is 7.11 Å². The van der Waals surface area contributed by atoms with Crippen LogP contribution in [0.1, 0.15) is 11.1 Å². The Bertz CT molecular complexity index is 492. The number of rotatable bonds is 3. The van der Waals surface area contributed by atoms with Crippen LogP contribution in [0.3, 0.4) is 0 Å². The van der Waals surface area contributed by atoms with E-state index in [1.54, 1.807) is 7.11 Å². The summed E-state index contributed by atoms with van der Waals surface area (Å²) in [5.74, 6) is 0.893. The summed E-state index contributed by atoms with van der Waals surface area (Å²) in [5.41, 5.74) is 2.56. The summed E-state index contributed by atoms with van der Waals surface area (Å²) in [6, 6.07) is 18.3. The number of benzene rings is 2. The second-order valence-electron chi connectivity index (χ2n) is 5.17. The first-order chi connectivity index (χ1) is 9.43. The zero-order valence-electron chi connectivity index (χ0n) is 13.0. The molecule has 2 aromatic carbocycles. The predicted molar refractivity (Wildman–Crippen MR) is 87.5 cm³/mol. The molecule has 2 nitrogen and oxygen atoms in total. The van der Waals surface area contributed by atoms with Crippen molar-refractivity contribution < 1.29 is 8.85 Å². The maximum atomic E-state index is 5.72. The molecule has 0 saturated carbocycles. The van der Waals surface area contributed by atoms with Gasteiger partial charge in [-0.3, -0.25) is 0 Å². The van der Waals surface area contributed by atoms with E-state index in [1.807, 2.05) is 55.6 Å². The fourth-order valence-electron chi connectivity index (χ4n) is 1.47. The average Bonchev–Trinajstić information content (AvgIpc) is 2.43. The SMILES string of the molecule is CO[Si](C)(C)Oc1ccc(C)cc1.Cc1ccccc1. The molecule has 0 atom stereocenters. The molecule has 3 heteroatoms. The summed E-state index contributed by atoms with van der Waals surface area (Å²) in [6.45, 7) is 8.18. The first kappa shape index (κ1) is 16.5. The third-order valence-electron chi connectivity index (χ3n) is 2.82. The van der Waals surface area contributed by atoms with E-state index >= 15 is 0 Å². The van der Waals surface area contributed by atoms with Crippen molar-refractivity contribution in [1.82, 2.24) is 0 Å². The summed E-state index contributed by atoms with van der Waals surface area (Å²) in [5, 5.41) is 0. The van der Waals surface area contributed by atoms with Crippen LogP contribution in [0.2, 0.25) is 13.1 Å². The maximum absolute atomic E-state index is 5.72. The molecule has 0 fully saturated rings. The quantitative estimate of drug-likeness (QED) is 0.761. The van der Waals surface area contributed by atoms with Gasteiger partial charge >= 0.3 is 8.56 Å². The van der Waals surface area contributed by atoms with Gasteiger partial charge in [0.1, 0.15) is 5.75 Å². The molecular weight excluding hydrogens is 264 g/mol. The van der Waals surface area contributed by atoms with Crippen LogP contribution in [0, 0.1) is 13.8 Å². The molecule has 0 N–H and O–H groups in total. The van der Waals surface area contributed by atoms with E-state index < -0.39 is 8.56 Å². The third-order valence-corrected chi connectivity index (χ3v) is 4.53. The van der Waals surface area contributed by atoms with Crippen molar-refractivity contribution >= 4 is 8.56 Å². The van der Waals surface area contributed by atoms with Gasteiger partial charge < -0.3 is 8.85 Å². The zero-order valence-corrected chi connectivity index (χ0v) is 14.0. The minimum atomic E-state index is -1.94. The van der Waals surface area contributed by atoms with E-state index in [2.05, 4.69) is 26.0 Å². The van der Waals surface area contributed by atoms with E-state index in [0.29, 0.717) is 0 Å². The Morgan fingerprint density at radius 2 is 1.25 bits per heavy atom. The lowest BCUT2D eigenvalue weighted by Crippen LogP contribution is -2.36. The van der Waals surface area contributed by atoms with Gasteiger partial charge in [0.05, 0.1) is 0 Å². The molecule has 2 aromatic rings. The van der Waals surface area contributed by atoms with Crippen LogP contribution in [-0.4, -0.2) is 15.7 Å². The zero-order chi connectivity index (χ0) is 15.0. The summed E-state index contributed by atoms with van der Waals surface area (Å²) in [4.78, 5) is 0. The largest absolute Gasteiger partial charge is 0.520 e. The normalized spacial score (nSPS) is 10.4. The van der Waals surface area contributed by atoms with Crippen molar-refractivity contribution in [3.05, 3.63) is 65.7 Å². The first-order valence-electron chi connectivity index (χ1n) is 6.75. The molecule has 2 rings (SSSR count). The molecular formula is C17H24O2Si. The van der Waals surface area contributed by atoms with Crippen molar-refractivity contribution in [3.63, 3.8) is 0 Å². The number of aryl methyl sites for hydroxylation is 2. The van der Waals surface area contributed by atoms with Crippen molar-refractivity contribution in [1.29, 1.82) is 0 Å². The summed E-state index contributed by atoms with van der Waals surface area (Å²) >= 11 is 0. The molecule has 0 aliphatic rings. The van der Waals surface area contributed by atoms with Crippen molar-refractivity contribution in [2.24, 2.45) is 0 Å². The van der Waals surface area contributed by atoms with E-state index in [4.69, 9.17) is 8.85 Å². The summed E-state index contributed by atoms with van der Waals surface area (Å²) in [7, 11) is -0.241. The smallest absolute Gasteiger partial charge is 0.392 e. The van der Waals surface area contributed by atoms with Crippen LogP contribution < -0.4 is 4.43 Å². The highest BCUT2D eigenvalue weighted by Gasteiger charge is 2.24. The summed E-state index contributed by atoms with van der Waals surface area (Å²) < 4.78 is 11.0. The minimum Gasteiger partial charge on any atom is -0.520 e. The minimum absolute atomic E-state index is 0.893. The molecule has 0 amide bonds. The van der Waals surface area contributed by atoms with E-state index in [0.717, 1.165) is 5.75 Å². The van der Waals surface area contributed by atoms with Crippen LogP contribution in [0.4, 0.5) is 0 Å². The van der Waals surface area contributed by atoms with Crippen molar-refractivity contribution in [2.45, 2.75) is 26.9 Å². The molecule has 0 spiro atoms. The Morgan fingerprint density at radius 1 is 0.750 bits per heavy atom. The average molecular weight is 288 g/mol. The van der Waals surface area contributed by atoms with Crippen LogP contribution >= 0.6 is 0 Å². The van der Waals surface area contributed by atoms with Crippen LogP contribution in [0.5, 0.6) is 5.75 Å². The molecule has 0 bridgehead atoms. The Labute approximate surface area is 123 Å². The van der Waals surface area contributed by atoms with E-state index in [1.165, 1.54) is 11.1 Å². The first-order valence-corrected chi connectivity index (χ1v) is 9.57. The number of hydrogen-bond acceptors (Lipinski definition) is 2. The molecule has 108 valence electrons. The summed E-state index contributed by atoms with van der Waals surface area (Å²) in [6.07, 6.45) is 0. The lowest BCUT2D eigenvalue weighted by atomic mass is 10.2. The van der Waals surface area contributed by atoms with E-state index in [9.17, 15) is 0 Å². The Balaban J connectivity index is 0.000000240.